The number of halogens is 1. The van der Waals surface area contributed by atoms with Crippen molar-refractivity contribution in [1.29, 1.82) is 0 Å². The van der Waals surface area contributed by atoms with E-state index in [1.165, 1.54) is 56.7 Å². The van der Waals surface area contributed by atoms with Crippen LogP contribution in [0.2, 0.25) is 0 Å². The van der Waals surface area contributed by atoms with E-state index >= 15 is 0 Å². The number of carbonyl (C=O) groups excluding carboxylic acids is 1. The van der Waals surface area contributed by atoms with E-state index in [1.54, 1.807) is 4.90 Å². The van der Waals surface area contributed by atoms with Crippen molar-refractivity contribution in [3.63, 3.8) is 0 Å². The smallest absolute Gasteiger partial charge is 0.264 e. The summed E-state index contributed by atoms with van der Waals surface area (Å²) >= 11 is 0. The minimum atomic E-state index is -4.20. The number of nitrogens with zero attached hydrogens (tertiary/aromatic N) is 3. The van der Waals surface area contributed by atoms with Crippen molar-refractivity contribution < 1.29 is 27.1 Å². The number of methoxy groups -OCH3 is 2. The van der Waals surface area contributed by atoms with Crippen molar-refractivity contribution in [3.05, 3.63) is 90.3 Å². The van der Waals surface area contributed by atoms with E-state index in [2.05, 4.69) is 17.1 Å². The van der Waals surface area contributed by atoms with Gasteiger partial charge in [0.2, 0.25) is 5.91 Å². The first kappa shape index (κ1) is 28.1. The summed E-state index contributed by atoms with van der Waals surface area (Å²) in [6, 6.07) is 19.3. The molecule has 0 bridgehead atoms. The first-order valence-corrected chi connectivity index (χ1v) is 14.0. The number of amides is 1. The van der Waals surface area contributed by atoms with Gasteiger partial charge in [-0.25, -0.2) is 12.8 Å². The molecule has 8 nitrogen and oxygen atoms in total. The molecule has 0 radical (unpaired) electrons. The quantitative estimate of drug-likeness (QED) is 0.379. The van der Waals surface area contributed by atoms with Gasteiger partial charge in [0.1, 0.15) is 12.4 Å². The first-order chi connectivity index (χ1) is 18.8. The lowest BCUT2D eigenvalue weighted by Gasteiger charge is -2.35. The molecule has 10 heteroatoms. The fourth-order valence-corrected chi connectivity index (χ4v) is 5.76. The third-order valence-electron chi connectivity index (χ3n) is 6.53. The van der Waals surface area contributed by atoms with Gasteiger partial charge in [0, 0.05) is 38.8 Å². The molecule has 1 aliphatic heterocycles. The molecule has 1 amide bonds. The van der Waals surface area contributed by atoms with Crippen LogP contribution >= 0.6 is 0 Å². The van der Waals surface area contributed by atoms with E-state index < -0.39 is 22.4 Å². The molecular formula is C29H32FN3O5S. The van der Waals surface area contributed by atoms with Crippen LogP contribution in [0.5, 0.6) is 11.5 Å². The Labute approximate surface area is 228 Å². The zero-order valence-corrected chi connectivity index (χ0v) is 22.8. The third kappa shape index (κ3) is 6.96. The van der Waals surface area contributed by atoms with Crippen LogP contribution in [0.4, 0.5) is 10.1 Å². The summed E-state index contributed by atoms with van der Waals surface area (Å²) in [5.74, 6) is -0.229. The Hall–Kier alpha value is -3.89. The van der Waals surface area contributed by atoms with Gasteiger partial charge in [-0.2, -0.15) is 0 Å². The lowest BCUT2D eigenvalue weighted by atomic mass is 10.2. The molecule has 39 heavy (non-hydrogen) atoms. The molecule has 0 spiro atoms. The fraction of sp³-hybridized carbons (Fsp3) is 0.276. The molecule has 1 heterocycles. The zero-order valence-electron chi connectivity index (χ0n) is 22.0. The third-order valence-corrected chi connectivity index (χ3v) is 8.30. The zero-order chi connectivity index (χ0) is 27.8. The number of ether oxygens (including phenoxy) is 2. The Balaban J connectivity index is 1.47. The van der Waals surface area contributed by atoms with Crippen molar-refractivity contribution >= 4 is 27.7 Å². The summed E-state index contributed by atoms with van der Waals surface area (Å²) in [6.45, 7) is 2.63. The SMILES string of the molecule is COc1ccc(S(=O)(=O)N(CC(=O)N2CCN(C/C=C/c3ccccc3)CC2)c2ccc(F)cc2)cc1OC. The Morgan fingerprint density at radius 3 is 2.23 bits per heavy atom. The molecule has 1 aliphatic rings. The molecule has 206 valence electrons. The Kier molecular flexibility index (Phi) is 9.21. The van der Waals surface area contributed by atoms with Gasteiger partial charge in [0.25, 0.3) is 10.0 Å². The number of piperazine rings is 1. The van der Waals surface area contributed by atoms with Gasteiger partial charge in [-0.05, 0) is 42.0 Å². The molecule has 3 aromatic rings. The van der Waals surface area contributed by atoms with Gasteiger partial charge in [-0.1, -0.05) is 42.5 Å². The number of rotatable bonds is 10. The minimum Gasteiger partial charge on any atom is -0.493 e. The predicted octanol–water partition coefficient (Wildman–Crippen LogP) is 3.90. The molecule has 3 aromatic carbocycles. The van der Waals surface area contributed by atoms with E-state index in [4.69, 9.17) is 9.47 Å². The van der Waals surface area contributed by atoms with Crippen LogP contribution in [0.3, 0.4) is 0 Å². The predicted molar refractivity (Wildman–Crippen MR) is 149 cm³/mol. The number of anilines is 1. The molecular weight excluding hydrogens is 521 g/mol. The van der Waals surface area contributed by atoms with Crippen LogP contribution in [0.1, 0.15) is 5.56 Å². The molecule has 0 atom stereocenters. The molecule has 1 fully saturated rings. The van der Waals surface area contributed by atoms with Crippen LogP contribution in [0, 0.1) is 5.82 Å². The molecule has 0 saturated carbocycles. The summed E-state index contributed by atoms with van der Waals surface area (Å²) in [5, 5.41) is 0. The molecule has 4 rings (SSSR count). The van der Waals surface area contributed by atoms with E-state index in [0.29, 0.717) is 31.9 Å². The largest absolute Gasteiger partial charge is 0.493 e. The normalized spacial score (nSPS) is 14.4. The van der Waals surface area contributed by atoms with Gasteiger partial charge >= 0.3 is 0 Å². The summed E-state index contributed by atoms with van der Waals surface area (Å²) in [7, 11) is -1.34. The van der Waals surface area contributed by atoms with E-state index in [9.17, 15) is 17.6 Å². The van der Waals surface area contributed by atoms with E-state index in [0.717, 1.165) is 16.4 Å². The monoisotopic (exact) mass is 553 g/mol. The van der Waals surface area contributed by atoms with Crippen molar-refractivity contribution in [3.8, 4) is 11.5 Å². The number of carbonyl (C=O) groups is 1. The van der Waals surface area contributed by atoms with Gasteiger partial charge < -0.3 is 14.4 Å². The van der Waals surface area contributed by atoms with Crippen molar-refractivity contribution in [2.45, 2.75) is 4.90 Å². The van der Waals surface area contributed by atoms with Crippen molar-refractivity contribution in [2.24, 2.45) is 0 Å². The van der Waals surface area contributed by atoms with Crippen molar-refractivity contribution in [1.82, 2.24) is 9.80 Å². The van der Waals surface area contributed by atoms with Crippen LogP contribution in [0.15, 0.2) is 83.8 Å². The second-order valence-corrected chi connectivity index (χ2v) is 10.9. The van der Waals surface area contributed by atoms with E-state index in [-0.39, 0.29) is 22.2 Å². The molecule has 1 saturated heterocycles. The molecule has 0 N–H and O–H groups in total. The highest BCUT2D eigenvalue weighted by molar-refractivity contribution is 7.92. The maximum absolute atomic E-state index is 13.7. The second-order valence-electron chi connectivity index (χ2n) is 9.00. The number of sulfonamides is 1. The maximum atomic E-state index is 13.7. The van der Waals surface area contributed by atoms with Gasteiger partial charge in [0.05, 0.1) is 24.8 Å². The fourth-order valence-electron chi connectivity index (χ4n) is 4.33. The topological polar surface area (TPSA) is 79.4 Å². The standard InChI is InChI=1S/C29H32FN3O5S/c1-37-27-15-14-26(21-28(27)38-2)39(35,36)33(25-12-10-24(30)11-13-25)22-29(34)32-19-17-31(18-20-32)16-6-9-23-7-4-3-5-8-23/h3-15,21H,16-20,22H2,1-2H3/b9-6+. The van der Waals surface area contributed by atoms with Gasteiger partial charge in [-0.15, -0.1) is 0 Å². The Bertz CT molecular complexity index is 1390. The summed E-state index contributed by atoms with van der Waals surface area (Å²) in [4.78, 5) is 17.2. The minimum absolute atomic E-state index is 0.0766. The average Bonchev–Trinajstić information content (AvgIpc) is 2.96. The molecule has 0 aromatic heterocycles. The van der Waals surface area contributed by atoms with Gasteiger partial charge in [0.15, 0.2) is 11.5 Å². The molecule has 0 aliphatic carbocycles. The summed E-state index contributed by atoms with van der Waals surface area (Å²) < 4.78 is 52.6. The summed E-state index contributed by atoms with van der Waals surface area (Å²) in [5.41, 5.74) is 1.31. The van der Waals surface area contributed by atoms with E-state index in [1.807, 2.05) is 30.3 Å². The maximum Gasteiger partial charge on any atom is 0.264 e. The summed E-state index contributed by atoms with van der Waals surface area (Å²) in [6.07, 6.45) is 4.16. The average molecular weight is 554 g/mol. The second kappa shape index (κ2) is 12.8. The highest BCUT2D eigenvalue weighted by atomic mass is 32.2. The molecule has 0 unspecified atom stereocenters. The van der Waals surface area contributed by atoms with Crippen molar-refractivity contribution in [2.75, 3.05) is 57.8 Å². The van der Waals surface area contributed by atoms with Crippen LogP contribution in [-0.2, 0) is 14.8 Å². The first-order valence-electron chi connectivity index (χ1n) is 12.5. The number of hydrogen-bond donors (Lipinski definition) is 0. The number of hydrogen-bond acceptors (Lipinski definition) is 6. The van der Waals surface area contributed by atoms with Crippen LogP contribution < -0.4 is 13.8 Å². The lowest BCUT2D eigenvalue weighted by molar-refractivity contribution is -0.131. The highest BCUT2D eigenvalue weighted by Gasteiger charge is 2.31. The lowest BCUT2D eigenvalue weighted by Crippen LogP contribution is -2.51. The number of benzene rings is 3. The van der Waals surface area contributed by atoms with Gasteiger partial charge in [-0.3, -0.25) is 14.0 Å². The van der Waals surface area contributed by atoms with Crippen LogP contribution in [-0.4, -0.2) is 77.6 Å². The Morgan fingerprint density at radius 1 is 0.923 bits per heavy atom. The highest BCUT2D eigenvalue weighted by Crippen LogP contribution is 2.32. The van der Waals surface area contributed by atoms with Crippen LogP contribution in [0.25, 0.3) is 6.08 Å². The Morgan fingerprint density at radius 2 is 1.59 bits per heavy atom.